The molecule has 1 saturated carbocycles. The number of hydrogen-bond acceptors (Lipinski definition) is 7. The highest BCUT2D eigenvalue weighted by atomic mass is 19.4. The number of imidazole rings is 1. The summed E-state index contributed by atoms with van der Waals surface area (Å²) in [6.45, 7) is 0. The zero-order valence-electron chi connectivity index (χ0n) is 21.4. The highest BCUT2D eigenvalue weighted by Gasteiger charge is 2.40. The van der Waals surface area contributed by atoms with Gasteiger partial charge in [-0.15, -0.1) is 5.10 Å². The van der Waals surface area contributed by atoms with Crippen LogP contribution in [0.15, 0.2) is 18.5 Å². The van der Waals surface area contributed by atoms with Gasteiger partial charge >= 0.3 is 6.18 Å². The third-order valence-electron chi connectivity index (χ3n) is 6.74. The number of nitrogens with one attached hydrogen (secondary N) is 2. The molecule has 3 aromatic rings. The molecule has 3 N–H and O–H groups in total. The van der Waals surface area contributed by atoms with Crippen LogP contribution < -0.4 is 10.6 Å². The average Bonchev–Trinajstić information content (AvgIpc) is 3.48. The number of hydrogen-bond donors (Lipinski definition) is 3. The fourth-order valence-electron chi connectivity index (χ4n) is 4.58. The van der Waals surface area contributed by atoms with E-state index in [1.54, 1.807) is 0 Å². The van der Waals surface area contributed by atoms with Crippen LogP contribution in [0.25, 0.3) is 5.65 Å². The number of alkyl halides is 7. The van der Waals surface area contributed by atoms with Gasteiger partial charge in [0.1, 0.15) is 5.69 Å². The number of aryl methyl sites for hydroxylation is 1. The highest BCUT2D eigenvalue weighted by molar-refractivity contribution is 5.93. The second-order valence-electron chi connectivity index (χ2n) is 9.73. The first-order valence-electron chi connectivity index (χ1n) is 12.4. The van der Waals surface area contributed by atoms with E-state index in [1.807, 2.05) is 5.32 Å². The van der Waals surface area contributed by atoms with Crippen molar-refractivity contribution >= 4 is 17.5 Å². The van der Waals surface area contributed by atoms with Gasteiger partial charge in [-0.3, -0.25) is 9.59 Å². The SMILES string of the molecule is Cn1nnc(C(=O)N[C@H](c2cn3ncc([C@@H](O)NC(=O)CCC(F)(F)F)cc3n2)C2CCC(F)(F)CC2)c1C(F)F. The Morgan fingerprint density at radius 1 is 1.20 bits per heavy atom. The Labute approximate surface area is 227 Å². The van der Waals surface area contributed by atoms with Crippen LogP contribution in [-0.4, -0.2) is 58.6 Å². The maximum absolute atomic E-state index is 13.9. The van der Waals surface area contributed by atoms with Gasteiger partial charge in [0, 0.05) is 31.9 Å². The Kier molecular flexibility index (Phi) is 8.51. The van der Waals surface area contributed by atoms with E-state index in [0.717, 1.165) is 10.9 Å². The molecule has 3 aromatic heterocycles. The second kappa shape index (κ2) is 11.6. The molecular weight excluding hydrogens is 569 g/mol. The molecule has 0 aromatic carbocycles. The largest absolute Gasteiger partial charge is 0.389 e. The van der Waals surface area contributed by atoms with Gasteiger partial charge in [0.05, 0.1) is 30.6 Å². The van der Waals surface area contributed by atoms with Gasteiger partial charge < -0.3 is 15.7 Å². The molecule has 224 valence electrons. The molecule has 11 nitrogen and oxygen atoms in total. The molecule has 3 heterocycles. The number of carbonyl (C=O) groups excluding carboxylic acids is 2. The number of aliphatic hydroxyl groups excluding tert-OH is 1. The van der Waals surface area contributed by atoms with Crippen LogP contribution in [0.2, 0.25) is 0 Å². The lowest BCUT2D eigenvalue weighted by atomic mass is 9.81. The molecule has 1 fully saturated rings. The number of amides is 2. The topological polar surface area (TPSA) is 139 Å². The lowest BCUT2D eigenvalue weighted by molar-refractivity contribution is -0.145. The van der Waals surface area contributed by atoms with Crippen LogP contribution in [0.5, 0.6) is 0 Å². The van der Waals surface area contributed by atoms with Crippen LogP contribution in [-0.2, 0) is 11.8 Å². The molecular formula is C23H25F7N8O3. The normalized spacial score (nSPS) is 17.5. The molecule has 4 rings (SSSR count). The quantitative estimate of drug-likeness (QED) is 0.254. The van der Waals surface area contributed by atoms with Crippen LogP contribution in [0.1, 0.15) is 84.7 Å². The number of rotatable bonds is 9. The number of aromatic nitrogens is 6. The number of fused-ring (bicyclic) bond motifs is 1. The van der Waals surface area contributed by atoms with Gasteiger partial charge in [0.2, 0.25) is 11.8 Å². The summed E-state index contributed by atoms with van der Waals surface area (Å²) in [5.41, 5.74) is -1.17. The van der Waals surface area contributed by atoms with Crippen molar-refractivity contribution in [3.05, 3.63) is 41.1 Å². The van der Waals surface area contributed by atoms with E-state index < -0.39 is 85.6 Å². The Hall–Kier alpha value is -3.83. The summed E-state index contributed by atoms with van der Waals surface area (Å²) in [4.78, 5) is 29.1. The minimum atomic E-state index is -4.55. The van der Waals surface area contributed by atoms with Crippen LogP contribution in [0.3, 0.4) is 0 Å². The number of nitrogens with zero attached hydrogens (tertiary/aromatic N) is 6. The van der Waals surface area contributed by atoms with Crippen LogP contribution >= 0.6 is 0 Å². The van der Waals surface area contributed by atoms with Crippen molar-refractivity contribution in [2.75, 3.05) is 0 Å². The van der Waals surface area contributed by atoms with E-state index >= 15 is 0 Å². The standard InChI is InChI=1S/C23H25F7N8O3/c1-37-18(19(24)25)17(35-36-37)21(41)34-16(11-2-5-22(26,27)6-3-11)13-10-38-14(32-13)8-12(9-31-38)20(40)33-15(39)4-7-23(28,29)30/h8-11,16,19-20,40H,2-7H2,1H3,(H,33,39)(H,34,41)/t16-,20+/m0/s1. The van der Waals surface area contributed by atoms with E-state index in [2.05, 4.69) is 25.7 Å². The zero-order valence-corrected chi connectivity index (χ0v) is 21.4. The number of aliphatic hydroxyl groups is 1. The number of carbonyl (C=O) groups is 2. The summed E-state index contributed by atoms with van der Waals surface area (Å²) in [7, 11) is 1.19. The van der Waals surface area contributed by atoms with Crippen molar-refractivity contribution in [1.82, 2.24) is 40.2 Å². The number of halogens is 7. The molecule has 18 heteroatoms. The Balaban J connectivity index is 1.58. The molecule has 0 bridgehead atoms. The minimum Gasteiger partial charge on any atom is -0.369 e. The minimum absolute atomic E-state index is 0.0185. The van der Waals surface area contributed by atoms with Gasteiger partial charge in [-0.1, -0.05) is 5.21 Å². The first-order chi connectivity index (χ1) is 19.1. The highest BCUT2D eigenvalue weighted by Crippen LogP contribution is 2.41. The molecule has 1 aliphatic carbocycles. The molecule has 0 unspecified atom stereocenters. The molecule has 0 spiro atoms. The first kappa shape index (κ1) is 30.1. The Morgan fingerprint density at radius 3 is 2.51 bits per heavy atom. The maximum atomic E-state index is 13.9. The van der Waals surface area contributed by atoms with Gasteiger partial charge in [0.15, 0.2) is 17.6 Å². The monoisotopic (exact) mass is 594 g/mol. The van der Waals surface area contributed by atoms with Gasteiger partial charge in [-0.05, 0) is 24.8 Å². The molecule has 1 aliphatic rings. The third-order valence-corrected chi connectivity index (χ3v) is 6.74. The molecule has 0 radical (unpaired) electrons. The molecule has 2 atom stereocenters. The first-order valence-corrected chi connectivity index (χ1v) is 12.4. The summed E-state index contributed by atoms with van der Waals surface area (Å²) < 4.78 is 93.8. The Morgan fingerprint density at radius 2 is 1.88 bits per heavy atom. The molecule has 0 saturated heterocycles. The van der Waals surface area contributed by atoms with Crippen molar-refractivity contribution in [1.29, 1.82) is 0 Å². The zero-order chi connectivity index (χ0) is 30.1. The average molecular weight is 594 g/mol. The van der Waals surface area contributed by atoms with Crippen molar-refractivity contribution in [2.24, 2.45) is 13.0 Å². The summed E-state index contributed by atoms with van der Waals surface area (Å²) in [6.07, 6.45) is -10.1. The summed E-state index contributed by atoms with van der Waals surface area (Å²) in [5, 5.41) is 25.9. The van der Waals surface area contributed by atoms with Gasteiger partial charge in [-0.25, -0.2) is 31.7 Å². The fraction of sp³-hybridized carbons (Fsp3) is 0.565. The Bertz CT molecular complexity index is 1400. The predicted octanol–water partition coefficient (Wildman–Crippen LogP) is 3.54. The van der Waals surface area contributed by atoms with Gasteiger partial charge in [-0.2, -0.15) is 18.3 Å². The summed E-state index contributed by atoms with van der Waals surface area (Å²) >= 11 is 0. The molecule has 2 amide bonds. The van der Waals surface area contributed by atoms with E-state index in [0.29, 0.717) is 0 Å². The maximum Gasteiger partial charge on any atom is 0.389 e. The lowest BCUT2D eigenvalue weighted by Crippen LogP contribution is -2.37. The molecule has 41 heavy (non-hydrogen) atoms. The third kappa shape index (κ3) is 7.28. The van der Waals surface area contributed by atoms with Crippen molar-refractivity contribution in [3.8, 4) is 0 Å². The lowest BCUT2D eigenvalue weighted by Gasteiger charge is -2.33. The second-order valence-corrected chi connectivity index (χ2v) is 9.73. The van der Waals surface area contributed by atoms with Gasteiger partial charge in [0.25, 0.3) is 12.3 Å². The van der Waals surface area contributed by atoms with Crippen LogP contribution in [0, 0.1) is 5.92 Å². The summed E-state index contributed by atoms with van der Waals surface area (Å²) in [6, 6.07) is 0.250. The van der Waals surface area contributed by atoms with E-state index in [9.17, 15) is 45.4 Å². The van der Waals surface area contributed by atoms with Crippen molar-refractivity contribution in [2.45, 2.75) is 69.3 Å². The van der Waals surface area contributed by atoms with E-state index in [4.69, 9.17) is 0 Å². The summed E-state index contributed by atoms with van der Waals surface area (Å²) in [5.74, 6) is -5.52. The van der Waals surface area contributed by atoms with Crippen molar-refractivity contribution < 1.29 is 45.4 Å². The molecule has 0 aliphatic heterocycles. The predicted molar refractivity (Wildman–Crippen MR) is 124 cm³/mol. The van der Waals surface area contributed by atoms with Crippen LogP contribution in [0.4, 0.5) is 30.7 Å². The van der Waals surface area contributed by atoms with E-state index in [1.165, 1.54) is 23.8 Å². The van der Waals surface area contributed by atoms with Crippen molar-refractivity contribution in [3.63, 3.8) is 0 Å². The fourth-order valence-corrected chi connectivity index (χ4v) is 4.58. The van der Waals surface area contributed by atoms with E-state index in [-0.39, 0.29) is 29.7 Å². The smallest absolute Gasteiger partial charge is 0.369 e.